The van der Waals surface area contributed by atoms with Crippen LogP contribution in [0.2, 0.25) is 0 Å². The van der Waals surface area contributed by atoms with Crippen LogP contribution < -0.4 is 19.9 Å². The largest absolute Gasteiger partial charge is 0.493 e. The summed E-state index contributed by atoms with van der Waals surface area (Å²) in [7, 11) is 7.49. The number of nitrogens with zero attached hydrogens (tertiary/aromatic N) is 4. The molecule has 0 aliphatic carbocycles. The fraction of sp³-hybridized carbons (Fsp3) is 0.440. The Bertz CT molecular complexity index is 1160. The van der Waals surface area contributed by atoms with Crippen molar-refractivity contribution < 1.29 is 9.47 Å². The molecule has 7 nitrogen and oxygen atoms in total. The maximum Gasteiger partial charge on any atom is 0.258 e. The Kier molecular flexibility index (Phi) is 6.37. The van der Waals surface area contributed by atoms with Gasteiger partial charge < -0.3 is 19.3 Å². The lowest BCUT2D eigenvalue weighted by Gasteiger charge is -2.36. The van der Waals surface area contributed by atoms with Crippen molar-refractivity contribution in [2.45, 2.75) is 32.2 Å². The van der Waals surface area contributed by atoms with Crippen LogP contribution in [0.25, 0.3) is 16.9 Å². The number of methoxy groups -OCH3 is 2. The Morgan fingerprint density at radius 3 is 2.41 bits per heavy atom. The number of rotatable bonds is 6. The molecule has 32 heavy (non-hydrogen) atoms. The summed E-state index contributed by atoms with van der Waals surface area (Å²) >= 11 is 0. The second-order valence-electron chi connectivity index (χ2n) is 8.50. The third kappa shape index (κ3) is 4.17. The number of benzene rings is 1. The molecule has 1 aromatic carbocycles. The minimum atomic E-state index is -0.0838. The van der Waals surface area contributed by atoms with Crippen molar-refractivity contribution in [2.75, 3.05) is 46.3 Å². The van der Waals surface area contributed by atoms with Gasteiger partial charge in [-0.3, -0.25) is 9.20 Å². The third-order valence-electron chi connectivity index (χ3n) is 6.44. The summed E-state index contributed by atoms with van der Waals surface area (Å²) in [6.07, 6.45) is 4.99. The number of hydrogen-bond donors (Lipinski definition) is 0. The average molecular weight is 437 g/mol. The van der Waals surface area contributed by atoms with Gasteiger partial charge in [-0.25, -0.2) is 4.98 Å². The molecule has 1 aliphatic rings. The van der Waals surface area contributed by atoms with E-state index >= 15 is 0 Å². The fourth-order valence-electron chi connectivity index (χ4n) is 4.47. The first-order valence-corrected chi connectivity index (χ1v) is 11.1. The van der Waals surface area contributed by atoms with Crippen molar-refractivity contribution in [3.05, 3.63) is 52.4 Å². The minimum absolute atomic E-state index is 0.0838. The van der Waals surface area contributed by atoms with Gasteiger partial charge in [0.25, 0.3) is 5.56 Å². The smallest absolute Gasteiger partial charge is 0.258 e. The van der Waals surface area contributed by atoms with Gasteiger partial charge >= 0.3 is 0 Å². The zero-order valence-corrected chi connectivity index (χ0v) is 19.6. The second-order valence-corrected chi connectivity index (χ2v) is 8.50. The van der Waals surface area contributed by atoms with Gasteiger partial charge in [-0.15, -0.1) is 0 Å². The molecule has 1 fully saturated rings. The van der Waals surface area contributed by atoms with E-state index < -0.39 is 0 Å². The molecule has 0 spiro atoms. The first-order chi connectivity index (χ1) is 15.4. The number of anilines is 1. The van der Waals surface area contributed by atoms with E-state index in [4.69, 9.17) is 14.5 Å². The number of ether oxygens (including phenoxy) is 2. The molecule has 0 bridgehead atoms. The van der Waals surface area contributed by atoms with Gasteiger partial charge in [0.1, 0.15) is 5.65 Å². The molecule has 0 unspecified atom stereocenters. The SMILES string of the molecule is CCc1cc(N2CCC(N(C)C)CC2)cn2c(=O)cc(-c3ccc(OC)c(OC)c3)nc12. The summed E-state index contributed by atoms with van der Waals surface area (Å²) in [5, 5.41) is 0. The lowest BCUT2D eigenvalue weighted by molar-refractivity contribution is 0.249. The number of piperidine rings is 1. The molecule has 0 radical (unpaired) electrons. The molecule has 3 heterocycles. The molecule has 7 heteroatoms. The summed E-state index contributed by atoms with van der Waals surface area (Å²) in [5.74, 6) is 1.25. The number of aryl methyl sites for hydroxylation is 1. The summed E-state index contributed by atoms with van der Waals surface area (Å²) in [6, 6.07) is 9.98. The van der Waals surface area contributed by atoms with Crippen LogP contribution in [0.1, 0.15) is 25.3 Å². The zero-order valence-electron chi connectivity index (χ0n) is 19.6. The van der Waals surface area contributed by atoms with Crippen molar-refractivity contribution in [1.82, 2.24) is 14.3 Å². The molecule has 0 atom stereocenters. The van der Waals surface area contributed by atoms with E-state index in [9.17, 15) is 4.79 Å². The molecule has 0 N–H and O–H groups in total. The Morgan fingerprint density at radius 1 is 1.06 bits per heavy atom. The molecule has 1 aliphatic heterocycles. The monoisotopic (exact) mass is 436 g/mol. The van der Waals surface area contributed by atoms with Crippen LogP contribution in [0.4, 0.5) is 5.69 Å². The molecular weight excluding hydrogens is 404 g/mol. The normalized spacial score (nSPS) is 14.9. The van der Waals surface area contributed by atoms with Crippen LogP contribution in [0.15, 0.2) is 41.3 Å². The van der Waals surface area contributed by atoms with Crippen molar-refractivity contribution in [3.63, 3.8) is 0 Å². The predicted octanol–water partition coefficient (Wildman–Crippen LogP) is 3.47. The Hall–Kier alpha value is -3.06. The van der Waals surface area contributed by atoms with Crippen molar-refractivity contribution in [2.24, 2.45) is 0 Å². The first kappa shape index (κ1) is 22.1. The van der Waals surface area contributed by atoms with E-state index in [0.29, 0.717) is 28.9 Å². The standard InChI is InChI=1S/C25H32N4O3/c1-6-17-13-20(28-11-9-19(10-12-28)27(2)3)16-29-24(30)15-21(26-25(17)29)18-7-8-22(31-4)23(14-18)32-5/h7-8,13-16,19H,6,9-12H2,1-5H3. The minimum Gasteiger partial charge on any atom is -0.493 e. The highest BCUT2D eigenvalue weighted by atomic mass is 16.5. The Labute approximate surface area is 189 Å². The summed E-state index contributed by atoms with van der Waals surface area (Å²) in [5.41, 5.74) is 4.23. The summed E-state index contributed by atoms with van der Waals surface area (Å²) in [4.78, 5) is 22.7. The number of aromatic nitrogens is 2. The number of fused-ring (bicyclic) bond motifs is 1. The highest BCUT2D eigenvalue weighted by molar-refractivity contribution is 5.67. The van der Waals surface area contributed by atoms with Crippen molar-refractivity contribution in [1.29, 1.82) is 0 Å². The van der Waals surface area contributed by atoms with E-state index in [1.165, 1.54) is 0 Å². The van der Waals surface area contributed by atoms with Crippen molar-refractivity contribution >= 4 is 11.3 Å². The van der Waals surface area contributed by atoms with Gasteiger partial charge in [-0.2, -0.15) is 0 Å². The molecule has 0 amide bonds. The summed E-state index contributed by atoms with van der Waals surface area (Å²) < 4.78 is 12.4. The molecule has 3 aromatic rings. The third-order valence-corrected chi connectivity index (χ3v) is 6.44. The van der Waals surface area contributed by atoms with Crippen LogP contribution in [0, 0.1) is 0 Å². The van der Waals surface area contributed by atoms with Gasteiger partial charge in [0.2, 0.25) is 0 Å². The first-order valence-electron chi connectivity index (χ1n) is 11.1. The van der Waals surface area contributed by atoms with E-state index in [1.54, 1.807) is 24.7 Å². The van der Waals surface area contributed by atoms with E-state index in [2.05, 4.69) is 36.9 Å². The van der Waals surface area contributed by atoms with Crippen LogP contribution in [0.5, 0.6) is 11.5 Å². The highest BCUT2D eigenvalue weighted by Crippen LogP contribution is 2.32. The van der Waals surface area contributed by atoms with Gasteiger partial charge in [-0.1, -0.05) is 6.92 Å². The van der Waals surface area contributed by atoms with E-state index in [1.807, 2.05) is 24.4 Å². The molecule has 2 aromatic heterocycles. The Balaban J connectivity index is 1.74. The van der Waals surface area contributed by atoms with Crippen LogP contribution in [0.3, 0.4) is 0 Å². The number of pyridine rings is 1. The molecule has 0 saturated carbocycles. The predicted molar refractivity (Wildman–Crippen MR) is 128 cm³/mol. The van der Waals surface area contributed by atoms with E-state index in [0.717, 1.165) is 49.2 Å². The molecule has 1 saturated heterocycles. The average Bonchev–Trinajstić information content (AvgIpc) is 2.83. The lowest BCUT2D eigenvalue weighted by Crippen LogP contribution is -2.42. The molecular formula is C25H32N4O3. The van der Waals surface area contributed by atoms with Gasteiger partial charge in [0.15, 0.2) is 11.5 Å². The van der Waals surface area contributed by atoms with Gasteiger partial charge in [0.05, 0.1) is 25.6 Å². The van der Waals surface area contributed by atoms with Crippen molar-refractivity contribution in [3.8, 4) is 22.8 Å². The number of hydrogen-bond acceptors (Lipinski definition) is 6. The molecule has 170 valence electrons. The van der Waals surface area contributed by atoms with Gasteiger partial charge in [-0.05, 0) is 63.2 Å². The highest BCUT2D eigenvalue weighted by Gasteiger charge is 2.22. The van der Waals surface area contributed by atoms with Crippen LogP contribution in [-0.2, 0) is 6.42 Å². The van der Waals surface area contributed by atoms with Crippen LogP contribution in [-0.4, -0.2) is 61.7 Å². The van der Waals surface area contributed by atoms with Gasteiger partial charge in [0, 0.05) is 37.0 Å². The fourth-order valence-corrected chi connectivity index (χ4v) is 4.47. The van der Waals surface area contributed by atoms with Crippen LogP contribution >= 0.6 is 0 Å². The molecule has 4 rings (SSSR count). The Morgan fingerprint density at radius 2 is 1.78 bits per heavy atom. The van der Waals surface area contributed by atoms with E-state index in [-0.39, 0.29) is 5.56 Å². The maximum atomic E-state index is 13.1. The maximum absolute atomic E-state index is 13.1. The lowest BCUT2D eigenvalue weighted by atomic mass is 10.0. The zero-order chi connectivity index (χ0) is 22.8. The summed E-state index contributed by atoms with van der Waals surface area (Å²) in [6.45, 7) is 4.08. The topological polar surface area (TPSA) is 59.3 Å². The second kappa shape index (κ2) is 9.20. The quantitative estimate of drug-likeness (QED) is 0.590.